The van der Waals surface area contributed by atoms with Crippen LogP contribution in [0.1, 0.15) is 50.5 Å². The number of aromatic nitrogens is 2. The van der Waals surface area contributed by atoms with E-state index in [-0.39, 0.29) is 11.5 Å². The topological polar surface area (TPSA) is 38.1 Å². The summed E-state index contributed by atoms with van der Waals surface area (Å²) in [6, 6.07) is 8.04. The largest absolute Gasteiger partial charge is 0.247 e. The van der Waals surface area contributed by atoms with Crippen LogP contribution in [0.15, 0.2) is 35.5 Å². The van der Waals surface area contributed by atoms with Gasteiger partial charge in [0.15, 0.2) is 5.82 Å². The van der Waals surface area contributed by atoms with Crippen molar-refractivity contribution >= 4 is 23.2 Å². The first-order valence-corrected chi connectivity index (χ1v) is 8.82. The lowest BCUT2D eigenvalue weighted by Gasteiger charge is -2.28. The highest BCUT2D eigenvalue weighted by molar-refractivity contribution is 7.78. The molecule has 0 radical (unpaired) electrons. The van der Waals surface area contributed by atoms with Gasteiger partial charge in [-0.3, -0.25) is 0 Å². The molecule has 1 fully saturated rings. The van der Waals surface area contributed by atoms with Crippen molar-refractivity contribution in [2.24, 2.45) is 10.9 Å². The first-order valence-electron chi connectivity index (χ1n) is 8.42. The van der Waals surface area contributed by atoms with Gasteiger partial charge in [-0.15, -0.1) is 0 Å². The van der Waals surface area contributed by atoms with Gasteiger partial charge in [-0.05, 0) is 55.3 Å². The van der Waals surface area contributed by atoms with E-state index in [1.165, 1.54) is 43.9 Å². The van der Waals surface area contributed by atoms with E-state index in [1.807, 2.05) is 12.1 Å². The lowest BCUT2D eigenvalue weighted by Crippen LogP contribution is -2.12. The Morgan fingerprint density at radius 2 is 1.92 bits per heavy atom. The van der Waals surface area contributed by atoms with E-state index in [0.29, 0.717) is 5.92 Å². The summed E-state index contributed by atoms with van der Waals surface area (Å²) < 4.78 is 14.1. The normalized spacial score (nSPS) is 20.4. The Morgan fingerprint density at radius 3 is 2.50 bits per heavy atom. The number of rotatable bonds is 4. The number of hydrogen-bond donors (Lipinski definition) is 0. The third kappa shape index (κ3) is 3.74. The number of isothiocyanates is 1. The van der Waals surface area contributed by atoms with Gasteiger partial charge in [0, 0.05) is 5.56 Å². The van der Waals surface area contributed by atoms with Gasteiger partial charge < -0.3 is 0 Å². The summed E-state index contributed by atoms with van der Waals surface area (Å²) in [5, 5.41) is 2.16. The van der Waals surface area contributed by atoms with Crippen molar-refractivity contribution in [2.75, 3.05) is 0 Å². The maximum Gasteiger partial charge on any atom is 0.241 e. The Kier molecular flexibility index (Phi) is 5.44. The van der Waals surface area contributed by atoms with Gasteiger partial charge in [0.1, 0.15) is 5.69 Å². The van der Waals surface area contributed by atoms with Crippen molar-refractivity contribution in [3.63, 3.8) is 0 Å². The SMILES string of the molecule is CCC1CCC(c2ccc(-c3ncc(N=C=S)nc3F)cc2)CC1. The molecule has 1 aliphatic carbocycles. The van der Waals surface area contributed by atoms with Crippen LogP contribution in [-0.2, 0) is 0 Å². The second-order valence-corrected chi connectivity index (χ2v) is 6.50. The van der Waals surface area contributed by atoms with E-state index in [2.05, 4.69) is 51.4 Å². The molecule has 0 saturated heterocycles. The number of aliphatic imine (C=N–C) groups is 1. The zero-order chi connectivity index (χ0) is 16.9. The van der Waals surface area contributed by atoms with Crippen LogP contribution < -0.4 is 0 Å². The molecule has 0 atom stereocenters. The fourth-order valence-electron chi connectivity index (χ4n) is 3.47. The number of nitrogens with zero attached hydrogens (tertiary/aromatic N) is 3. The zero-order valence-corrected chi connectivity index (χ0v) is 14.5. The average Bonchev–Trinajstić information content (AvgIpc) is 2.62. The Balaban J connectivity index is 1.76. The van der Waals surface area contributed by atoms with Crippen LogP contribution in [0, 0.1) is 11.9 Å². The Hall–Kier alpha value is -1.97. The van der Waals surface area contributed by atoms with Crippen LogP contribution >= 0.6 is 12.2 Å². The van der Waals surface area contributed by atoms with Gasteiger partial charge >= 0.3 is 0 Å². The van der Waals surface area contributed by atoms with Crippen molar-refractivity contribution in [3.8, 4) is 11.3 Å². The summed E-state index contributed by atoms with van der Waals surface area (Å²) in [7, 11) is 0. The Bertz CT molecular complexity index is 746. The molecule has 1 saturated carbocycles. The minimum absolute atomic E-state index is 0.135. The van der Waals surface area contributed by atoms with Crippen LogP contribution in [0.3, 0.4) is 0 Å². The molecule has 0 spiro atoms. The lowest BCUT2D eigenvalue weighted by atomic mass is 9.78. The molecule has 2 aromatic rings. The fourth-order valence-corrected chi connectivity index (χ4v) is 3.56. The highest BCUT2D eigenvalue weighted by atomic mass is 32.1. The number of hydrogen-bond acceptors (Lipinski definition) is 4. The van der Waals surface area contributed by atoms with Gasteiger partial charge in [0.25, 0.3) is 0 Å². The van der Waals surface area contributed by atoms with Crippen LogP contribution in [0.25, 0.3) is 11.3 Å². The number of halogens is 1. The molecule has 5 heteroatoms. The predicted molar refractivity (Wildman–Crippen MR) is 97.1 cm³/mol. The second kappa shape index (κ2) is 7.73. The highest BCUT2D eigenvalue weighted by Gasteiger charge is 2.21. The molecular weight excluding hydrogens is 321 g/mol. The van der Waals surface area contributed by atoms with Crippen LogP contribution in [-0.4, -0.2) is 15.1 Å². The fraction of sp³-hybridized carbons (Fsp3) is 0.421. The molecule has 0 N–H and O–H groups in total. The number of benzene rings is 1. The molecule has 1 aromatic carbocycles. The van der Waals surface area contributed by atoms with E-state index < -0.39 is 5.95 Å². The van der Waals surface area contributed by atoms with Crippen molar-refractivity contribution < 1.29 is 4.39 Å². The monoisotopic (exact) mass is 341 g/mol. The maximum atomic E-state index is 14.1. The van der Waals surface area contributed by atoms with Gasteiger partial charge in [-0.2, -0.15) is 14.4 Å². The molecule has 0 bridgehead atoms. The highest BCUT2D eigenvalue weighted by Crippen LogP contribution is 2.37. The third-order valence-electron chi connectivity index (χ3n) is 4.96. The molecule has 0 unspecified atom stereocenters. The molecule has 1 aromatic heterocycles. The molecule has 124 valence electrons. The molecule has 3 rings (SSSR count). The first-order chi connectivity index (χ1) is 11.7. The van der Waals surface area contributed by atoms with Crippen molar-refractivity contribution in [3.05, 3.63) is 42.0 Å². The summed E-state index contributed by atoms with van der Waals surface area (Å²) in [5.41, 5.74) is 2.30. The second-order valence-electron chi connectivity index (χ2n) is 6.32. The van der Waals surface area contributed by atoms with Gasteiger partial charge in [-0.25, -0.2) is 4.98 Å². The standard InChI is InChI=1S/C19H20FN3S/c1-2-13-3-5-14(6-4-13)15-7-9-16(10-8-15)18-19(20)23-17(11-21-18)22-12-24/h7-11,13-14H,2-6H2,1H3. The molecule has 3 nitrogen and oxygen atoms in total. The van der Waals surface area contributed by atoms with E-state index >= 15 is 0 Å². The van der Waals surface area contributed by atoms with E-state index in [9.17, 15) is 4.39 Å². The summed E-state index contributed by atoms with van der Waals surface area (Å²) in [6.45, 7) is 2.28. The van der Waals surface area contributed by atoms with E-state index in [1.54, 1.807) is 0 Å². The quantitative estimate of drug-likeness (QED) is 0.529. The van der Waals surface area contributed by atoms with Gasteiger partial charge in [-0.1, -0.05) is 37.6 Å². The lowest BCUT2D eigenvalue weighted by molar-refractivity contribution is 0.319. The zero-order valence-electron chi connectivity index (χ0n) is 13.7. The summed E-state index contributed by atoms with van der Waals surface area (Å²) in [4.78, 5) is 11.5. The molecule has 0 amide bonds. The molecule has 24 heavy (non-hydrogen) atoms. The minimum atomic E-state index is -0.641. The van der Waals surface area contributed by atoms with Gasteiger partial charge in [0.05, 0.1) is 11.4 Å². The predicted octanol–water partition coefficient (Wildman–Crippen LogP) is 5.70. The summed E-state index contributed by atoms with van der Waals surface area (Å²) in [5.74, 6) is 1.00. The molecule has 1 aliphatic rings. The minimum Gasteiger partial charge on any atom is -0.247 e. The van der Waals surface area contributed by atoms with Crippen molar-refractivity contribution in [2.45, 2.75) is 44.9 Å². The molecule has 0 aliphatic heterocycles. The van der Waals surface area contributed by atoms with Gasteiger partial charge in [0.2, 0.25) is 5.95 Å². The van der Waals surface area contributed by atoms with Crippen LogP contribution in [0.5, 0.6) is 0 Å². The van der Waals surface area contributed by atoms with Crippen LogP contribution in [0.4, 0.5) is 10.2 Å². The Labute approximate surface area is 147 Å². The summed E-state index contributed by atoms with van der Waals surface area (Å²) in [6.07, 6.45) is 7.80. The third-order valence-corrected chi connectivity index (χ3v) is 5.05. The van der Waals surface area contributed by atoms with Crippen molar-refractivity contribution in [1.29, 1.82) is 0 Å². The van der Waals surface area contributed by atoms with Crippen molar-refractivity contribution in [1.82, 2.24) is 9.97 Å². The maximum absolute atomic E-state index is 14.1. The smallest absolute Gasteiger partial charge is 0.241 e. The first kappa shape index (κ1) is 16.9. The van der Waals surface area contributed by atoms with E-state index in [0.717, 1.165) is 11.5 Å². The Morgan fingerprint density at radius 1 is 1.21 bits per heavy atom. The summed E-state index contributed by atoms with van der Waals surface area (Å²) >= 11 is 4.49. The number of thiocarbonyl (C=S) groups is 1. The molecule has 1 heterocycles. The van der Waals surface area contributed by atoms with Crippen LogP contribution in [0.2, 0.25) is 0 Å². The van der Waals surface area contributed by atoms with E-state index in [4.69, 9.17) is 0 Å². The average molecular weight is 341 g/mol. The molecular formula is C19H20FN3S.